The van der Waals surface area contributed by atoms with Gasteiger partial charge in [-0.15, -0.1) is 0 Å². The van der Waals surface area contributed by atoms with Crippen molar-refractivity contribution in [2.45, 2.75) is 44.8 Å². The Bertz CT molecular complexity index is 476. The van der Waals surface area contributed by atoms with E-state index in [4.69, 9.17) is 4.74 Å². The second kappa shape index (κ2) is 8.43. The minimum Gasteiger partial charge on any atom is -0.378 e. The predicted octanol–water partition coefficient (Wildman–Crippen LogP) is -0.671. The number of carbonyl (C=O) groups is 3. The van der Waals surface area contributed by atoms with Crippen LogP contribution in [0.25, 0.3) is 0 Å². The molecule has 0 aromatic heterocycles. The summed E-state index contributed by atoms with van der Waals surface area (Å²) in [6.07, 6.45) is 3.62. The van der Waals surface area contributed by atoms with Crippen LogP contribution in [0.1, 0.15) is 32.6 Å². The van der Waals surface area contributed by atoms with E-state index in [1.54, 1.807) is 0 Å². The van der Waals surface area contributed by atoms with E-state index >= 15 is 0 Å². The molecule has 8 nitrogen and oxygen atoms in total. The van der Waals surface area contributed by atoms with Crippen molar-refractivity contribution >= 4 is 17.7 Å². The maximum absolute atomic E-state index is 11.8. The number of carbonyl (C=O) groups excluding carboxylic acids is 3. The summed E-state index contributed by atoms with van der Waals surface area (Å²) < 4.78 is 10.3. The fourth-order valence-corrected chi connectivity index (χ4v) is 3.45. The fraction of sp³-hybridized carbons (Fsp3) is 0.812. The first kappa shape index (κ1) is 18.7. The van der Waals surface area contributed by atoms with Crippen LogP contribution in [-0.2, 0) is 23.9 Å². The monoisotopic (exact) mass is 341 g/mol. The highest BCUT2D eigenvalue weighted by molar-refractivity contribution is 6.35. The third-order valence-corrected chi connectivity index (χ3v) is 4.53. The van der Waals surface area contributed by atoms with E-state index in [0.717, 1.165) is 25.9 Å². The Morgan fingerprint density at radius 3 is 2.46 bits per heavy atom. The van der Waals surface area contributed by atoms with Crippen molar-refractivity contribution in [2.75, 3.05) is 33.4 Å². The summed E-state index contributed by atoms with van der Waals surface area (Å²) in [5.74, 6) is -1.42. The summed E-state index contributed by atoms with van der Waals surface area (Å²) >= 11 is 0. The van der Waals surface area contributed by atoms with E-state index in [0.29, 0.717) is 19.5 Å². The molecule has 1 saturated carbocycles. The van der Waals surface area contributed by atoms with Crippen molar-refractivity contribution in [1.82, 2.24) is 16.0 Å². The normalized spacial score (nSPS) is 28.2. The molecule has 2 aliphatic rings. The Balaban J connectivity index is 1.54. The van der Waals surface area contributed by atoms with Gasteiger partial charge in [0.25, 0.3) is 0 Å². The van der Waals surface area contributed by atoms with E-state index in [9.17, 15) is 14.4 Å². The minimum atomic E-state index is -0.629. The zero-order valence-corrected chi connectivity index (χ0v) is 14.4. The maximum atomic E-state index is 11.8. The second-order valence-corrected chi connectivity index (χ2v) is 6.80. The fourth-order valence-electron chi connectivity index (χ4n) is 3.45. The van der Waals surface area contributed by atoms with Gasteiger partial charge in [-0.05, 0) is 32.6 Å². The topological polar surface area (TPSA) is 106 Å². The van der Waals surface area contributed by atoms with Crippen LogP contribution in [0.15, 0.2) is 0 Å². The number of ether oxygens (including phenoxy) is 2. The van der Waals surface area contributed by atoms with Crippen LogP contribution in [0.5, 0.6) is 0 Å². The van der Waals surface area contributed by atoms with E-state index in [-0.39, 0.29) is 30.1 Å². The van der Waals surface area contributed by atoms with Crippen LogP contribution < -0.4 is 16.0 Å². The molecule has 1 atom stereocenters. The Morgan fingerprint density at radius 2 is 1.83 bits per heavy atom. The lowest BCUT2D eigenvalue weighted by Crippen LogP contribution is -2.54. The number of rotatable bonds is 7. The molecular weight excluding hydrogens is 314 g/mol. The molecule has 1 unspecified atom stereocenters. The van der Waals surface area contributed by atoms with Crippen LogP contribution in [0.4, 0.5) is 0 Å². The molecule has 1 spiro atoms. The molecule has 24 heavy (non-hydrogen) atoms. The zero-order chi connectivity index (χ0) is 17.6. The highest BCUT2D eigenvalue weighted by atomic mass is 16.5. The molecule has 136 valence electrons. The molecule has 2 rings (SSSR count). The summed E-state index contributed by atoms with van der Waals surface area (Å²) in [7, 11) is 1.45. The van der Waals surface area contributed by atoms with Gasteiger partial charge >= 0.3 is 11.8 Å². The molecule has 1 heterocycles. The molecular formula is C16H27N3O5. The number of amides is 3. The van der Waals surface area contributed by atoms with Gasteiger partial charge in [-0.1, -0.05) is 0 Å². The summed E-state index contributed by atoms with van der Waals surface area (Å²) in [6, 6.07) is 0.0606. The van der Waals surface area contributed by atoms with Gasteiger partial charge in [-0.25, -0.2) is 0 Å². The highest BCUT2D eigenvalue weighted by Gasteiger charge is 2.49. The summed E-state index contributed by atoms with van der Waals surface area (Å²) in [6.45, 7) is 3.59. The summed E-state index contributed by atoms with van der Waals surface area (Å²) in [4.78, 5) is 34.7. The number of hydrogen-bond donors (Lipinski definition) is 3. The third kappa shape index (κ3) is 5.17. The average Bonchev–Trinajstić information content (AvgIpc) is 2.88. The van der Waals surface area contributed by atoms with Gasteiger partial charge in [0, 0.05) is 31.7 Å². The van der Waals surface area contributed by atoms with Gasteiger partial charge in [0.1, 0.15) is 6.61 Å². The smallest absolute Gasteiger partial charge is 0.309 e. The zero-order valence-electron chi connectivity index (χ0n) is 14.4. The minimum absolute atomic E-state index is 0.0153. The molecule has 8 heteroatoms. The van der Waals surface area contributed by atoms with Crippen molar-refractivity contribution in [1.29, 1.82) is 0 Å². The first-order chi connectivity index (χ1) is 11.4. The van der Waals surface area contributed by atoms with E-state index in [2.05, 4.69) is 27.6 Å². The molecule has 2 fully saturated rings. The first-order valence-corrected chi connectivity index (χ1v) is 8.40. The number of methoxy groups -OCH3 is 1. The van der Waals surface area contributed by atoms with Gasteiger partial charge in [-0.3, -0.25) is 14.4 Å². The van der Waals surface area contributed by atoms with Crippen LogP contribution in [-0.4, -0.2) is 63.3 Å². The van der Waals surface area contributed by atoms with Gasteiger partial charge < -0.3 is 25.4 Å². The van der Waals surface area contributed by atoms with Gasteiger partial charge in [-0.2, -0.15) is 0 Å². The van der Waals surface area contributed by atoms with Gasteiger partial charge in [0.05, 0.1) is 12.7 Å². The molecule has 0 bridgehead atoms. The van der Waals surface area contributed by atoms with Crippen molar-refractivity contribution < 1.29 is 23.9 Å². The van der Waals surface area contributed by atoms with Gasteiger partial charge in [0.2, 0.25) is 5.91 Å². The van der Waals surface area contributed by atoms with Crippen LogP contribution >= 0.6 is 0 Å². The second-order valence-electron chi connectivity index (χ2n) is 6.80. The Labute approximate surface area is 142 Å². The molecule has 1 aliphatic carbocycles. The first-order valence-electron chi connectivity index (χ1n) is 8.40. The van der Waals surface area contributed by atoms with Crippen molar-refractivity contribution in [3.8, 4) is 0 Å². The summed E-state index contributed by atoms with van der Waals surface area (Å²) in [5.41, 5.74) is 0.203. The standard InChI is InChI=1S/C16H27N3O5/c1-11-6-16(10-24-11)7-12(8-16)19-15(22)14(21)18-5-3-4-17-13(20)9-23-2/h11-12H,3-10H2,1-2H3,(H,17,20)(H,18,21)(H,19,22). The van der Waals surface area contributed by atoms with Crippen LogP contribution in [0.2, 0.25) is 0 Å². The molecule has 1 aliphatic heterocycles. The molecule has 1 saturated heterocycles. The number of hydrogen-bond acceptors (Lipinski definition) is 5. The van der Waals surface area contributed by atoms with Crippen molar-refractivity contribution in [3.63, 3.8) is 0 Å². The van der Waals surface area contributed by atoms with E-state index < -0.39 is 11.8 Å². The van der Waals surface area contributed by atoms with Crippen molar-refractivity contribution in [2.24, 2.45) is 5.41 Å². The Morgan fingerprint density at radius 1 is 1.12 bits per heavy atom. The maximum Gasteiger partial charge on any atom is 0.309 e. The van der Waals surface area contributed by atoms with E-state index in [1.807, 2.05) is 0 Å². The molecule has 0 radical (unpaired) electrons. The van der Waals surface area contributed by atoms with Crippen LogP contribution in [0, 0.1) is 5.41 Å². The van der Waals surface area contributed by atoms with Crippen molar-refractivity contribution in [3.05, 3.63) is 0 Å². The SMILES string of the molecule is COCC(=O)NCCCNC(=O)C(=O)NC1CC2(COC(C)C2)C1. The molecule has 3 N–H and O–H groups in total. The Hall–Kier alpha value is -1.67. The van der Waals surface area contributed by atoms with E-state index in [1.165, 1.54) is 7.11 Å². The molecule has 0 aromatic carbocycles. The largest absolute Gasteiger partial charge is 0.378 e. The number of nitrogens with one attached hydrogen (secondary N) is 3. The molecule has 0 aromatic rings. The van der Waals surface area contributed by atoms with Crippen LogP contribution in [0.3, 0.4) is 0 Å². The summed E-state index contributed by atoms with van der Waals surface area (Å²) in [5, 5.41) is 7.96. The van der Waals surface area contributed by atoms with Gasteiger partial charge in [0.15, 0.2) is 0 Å². The lowest BCUT2D eigenvalue weighted by molar-refractivity contribution is -0.140. The molecule has 3 amide bonds. The average molecular weight is 341 g/mol. The quantitative estimate of drug-likeness (QED) is 0.421. The lowest BCUT2D eigenvalue weighted by atomic mass is 9.64. The highest BCUT2D eigenvalue weighted by Crippen LogP contribution is 2.49. The lowest BCUT2D eigenvalue weighted by Gasteiger charge is -2.44. The Kier molecular flexibility index (Phi) is 6.56. The predicted molar refractivity (Wildman–Crippen MR) is 86.1 cm³/mol. The third-order valence-electron chi connectivity index (χ3n) is 4.53.